The second kappa shape index (κ2) is 9.17. The zero-order valence-corrected chi connectivity index (χ0v) is 17.0. The number of nitro benzene ring substituents is 1. The number of nitrogens with zero attached hydrogens (tertiary/aromatic N) is 3. The van der Waals surface area contributed by atoms with Gasteiger partial charge in [-0.1, -0.05) is 0 Å². The van der Waals surface area contributed by atoms with Gasteiger partial charge in [-0.3, -0.25) is 24.4 Å². The van der Waals surface area contributed by atoms with E-state index in [1.54, 1.807) is 6.26 Å². The van der Waals surface area contributed by atoms with Crippen LogP contribution in [0.4, 0.5) is 5.69 Å². The number of aromatic nitrogens is 1. The standard InChI is InChI=1S/C21H24N4O6/c26-20(22-14-17(18-5-4-12-30-18)23-9-1-2-10-23)6-3-11-24-16-8-7-15(25(28)29)13-19(16)31-21(24)27/h4-5,7-8,12-13,17H,1-3,6,9-11,14H2,(H,22,26). The predicted molar refractivity (Wildman–Crippen MR) is 112 cm³/mol. The van der Waals surface area contributed by atoms with Crippen LogP contribution in [-0.4, -0.2) is 39.9 Å². The van der Waals surface area contributed by atoms with Crippen molar-refractivity contribution in [3.63, 3.8) is 0 Å². The van der Waals surface area contributed by atoms with E-state index in [2.05, 4.69) is 10.2 Å². The summed E-state index contributed by atoms with van der Waals surface area (Å²) in [6.07, 6.45) is 4.61. The predicted octanol–water partition coefficient (Wildman–Crippen LogP) is 2.83. The molecule has 1 aromatic carbocycles. The summed E-state index contributed by atoms with van der Waals surface area (Å²) in [5, 5.41) is 13.9. The molecule has 1 aliphatic heterocycles. The Balaban J connectivity index is 1.32. The molecule has 4 rings (SSSR count). The van der Waals surface area contributed by atoms with E-state index in [-0.39, 0.29) is 36.2 Å². The summed E-state index contributed by atoms with van der Waals surface area (Å²) in [5.41, 5.74) is 0.496. The molecule has 0 saturated carbocycles. The largest absolute Gasteiger partial charge is 0.468 e. The average molecular weight is 428 g/mol. The number of nitro groups is 1. The zero-order chi connectivity index (χ0) is 21.8. The molecule has 2 aromatic heterocycles. The number of likely N-dealkylation sites (tertiary alicyclic amines) is 1. The molecular formula is C21H24N4O6. The number of nitrogens with one attached hydrogen (secondary N) is 1. The van der Waals surface area contributed by atoms with Gasteiger partial charge in [-0.15, -0.1) is 0 Å². The first-order chi connectivity index (χ1) is 15.0. The maximum Gasteiger partial charge on any atom is 0.419 e. The smallest absolute Gasteiger partial charge is 0.419 e. The van der Waals surface area contributed by atoms with Crippen molar-refractivity contribution in [3.05, 3.63) is 63.0 Å². The topological polar surface area (TPSA) is 124 Å². The van der Waals surface area contributed by atoms with Gasteiger partial charge in [-0.05, 0) is 50.6 Å². The van der Waals surface area contributed by atoms with Gasteiger partial charge in [-0.2, -0.15) is 0 Å². The van der Waals surface area contributed by atoms with E-state index < -0.39 is 10.7 Å². The SMILES string of the molecule is O=C(CCCn1c(=O)oc2cc([N+](=O)[O-])ccc21)NCC(c1ccco1)N1CCCC1. The molecule has 1 saturated heterocycles. The molecule has 3 aromatic rings. The Hall–Kier alpha value is -3.40. The van der Waals surface area contributed by atoms with E-state index in [9.17, 15) is 19.7 Å². The molecule has 1 atom stereocenters. The third-order valence-corrected chi connectivity index (χ3v) is 5.59. The number of hydrogen-bond donors (Lipinski definition) is 1. The Morgan fingerprint density at radius 1 is 1.26 bits per heavy atom. The summed E-state index contributed by atoms with van der Waals surface area (Å²) in [7, 11) is 0. The Labute approximate surface area is 177 Å². The molecule has 1 unspecified atom stereocenters. The van der Waals surface area contributed by atoms with Gasteiger partial charge in [0.1, 0.15) is 5.76 Å². The van der Waals surface area contributed by atoms with Crippen molar-refractivity contribution in [2.45, 2.75) is 38.3 Å². The highest BCUT2D eigenvalue weighted by Gasteiger charge is 2.25. The number of carbonyl (C=O) groups excluding carboxylic acids is 1. The van der Waals surface area contributed by atoms with E-state index in [0.29, 0.717) is 18.5 Å². The van der Waals surface area contributed by atoms with Crippen molar-refractivity contribution < 1.29 is 18.6 Å². The van der Waals surface area contributed by atoms with Crippen LogP contribution in [0.2, 0.25) is 0 Å². The van der Waals surface area contributed by atoms with Gasteiger partial charge in [0.15, 0.2) is 5.58 Å². The third kappa shape index (κ3) is 4.69. The molecule has 10 nitrogen and oxygen atoms in total. The molecule has 10 heteroatoms. The number of non-ortho nitro benzene ring substituents is 1. The fraction of sp³-hybridized carbons (Fsp3) is 0.429. The molecule has 0 spiro atoms. The van der Waals surface area contributed by atoms with Gasteiger partial charge in [0.2, 0.25) is 5.91 Å². The lowest BCUT2D eigenvalue weighted by Gasteiger charge is -2.26. The van der Waals surface area contributed by atoms with E-state index in [1.165, 1.54) is 22.8 Å². The first-order valence-electron chi connectivity index (χ1n) is 10.3. The molecule has 0 aliphatic carbocycles. The Kier molecular flexibility index (Phi) is 6.17. The maximum absolute atomic E-state index is 12.4. The van der Waals surface area contributed by atoms with Crippen molar-refractivity contribution in [2.75, 3.05) is 19.6 Å². The van der Waals surface area contributed by atoms with Crippen LogP contribution in [0.5, 0.6) is 0 Å². The summed E-state index contributed by atoms with van der Waals surface area (Å²) >= 11 is 0. The number of rotatable bonds is 9. The second-order valence-electron chi connectivity index (χ2n) is 7.61. The maximum atomic E-state index is 12.4. The average Bonchev–Trinajstić information content (AvgIpc) is 3.50. The fourth-order valence-corrected chi connectivity index (χ4v) is 4.02. The lowest BCUT2D eigenvalue weighted by Crippen LogP contribution is -2.36. The molecular weight excluding hydrogens is 404 g/mol. The number of hydrogen-bond acceptors (Lipinski definition) is 7. The Bertz CT molecular complexity index is 1110. The molecule has 1 N–H and O–H groups in total. The number of oxazole rings is 1. The van der Waals surface area contributed by atoms with Crippen molar-refractivity contribution in [2.24, 2.45) is 0 Å². The minimum Gasteiger partial charge on any atom is -0.468 e. The van der Waals surface area contributed by atoms with E-state index >= 15 is 0 Å². The molecule has 3 heterocycles. The molecule has 0 radical (unpaired) electrons. The van der Waals surface area contributed by atoms with Gasteiger partial charge < -0.3 is 14.2 Å². The van der Waals surface area contributed by atoms with E-state index in [1.807, 2.05) is 12.1 Å². The van der Waals surface area contributed by atoms with Crippen molar-refractivity contribution in [1.82, 2.24) is 14.8 Å². The van der Waals surface area contributed by atoms with E-state index in [4.69, 9.17) is 8.83 Å². The summed E-state index contributed by atoms with van der Waals surface area (Å²) in [6.45, 7) is 2.71. The molecule has 0 bridgehead atoms. The molecule has 164 valence electrons. The van der Waals surface area contributed by atoms with Crippen LogP contribution in [0.25, 0.3) is 11.1 Å². The molecule has 31 heavy (non-hydrogen) atoms. The van der Waals surface area contributed by atoms with Crippen molar-refractivity contribution in [3.8, 4) is 0 Å². The van der Waals surface area contributed by atoms with E-state index in [0.717, 1.165) is 31.7 Å². The quantitative estimate of drug-likeness (QED) is 0.410. The second-order valence-corrected chi connectivity index (χ2v) is 7.61. The molecule has 1 aliphatic rings. The first kappa shape index (κ1) is 20.9. The fourth-order valence-electron chi connectivity index (χ4n) is 4.02. The van der Waals surface area contributed by atoms with Crippen molar-refractivity contribution in [1.29, 1.82) is 0 Å². The highest BCUT2D eigenvalue weighted by atomic mass is 16.6. The van der Waals surface area contributed by atoms with Gasteiger partial charge in [-0.25, -0.2) is 4.79 Å². The minimum atomic E-state index is -0.595. The van der Waals surface area contributed by atoms with Crippen LogP contribution in [0.1, 0.15) is 37.5 Å². The highest BCUT2D eigenvalue weighted by molar-refractivity contribution is 5.76. The summed E-state index contributed by atoms with van der Waals surface area (Å²) < 4.78 is 12.1. The summed E-state index contributed by atoms with van der Waals surface area (Å²) in [6, 6.07) is 7.83. The normalized spacial score (nSPS) is 15.4. The first-order valence-corrected chi connectivity index (χ1v) is 10.3. The number of furan rings is 1. The lowest BCUT2D eigenvalue weighted by atomic mass is 10.2. The third-order valence-electron chi connectivity index (χ3n) is 5.59. The number of carbonyl (C=O) groups is 1. The van der Waals surface area contributed by atoms with Crippen LogP contribution in [0.15, 0.2) is 50.2 Å². The Morgan fingerprint density at radius 2 is 2.06 bits per heavy atom. The monoisotopic (exact) mass is 428 g/mol. The van der Waals surface area contributed by atoms with Crippen LogP contribution in [0, 0.1) is 10.1 Å². The van der Waals surface area contributed by atoms with Gasteiger partial charge in [0.05, 0.1) is 28.8 Å². The zero-order valence-electron chi connectivity index (χ0n) is 17.0. The number of benzene rings is 1. The van der Waals surface area contributed by atoms with Crippen LogP contribution in [0.3, 0.4) is 0 Å². The number of aryl methyl sites for hydroxylation is 1. The highest BCUT2D eigenvalue weighted by Crippen LogP contribution is 2.25. The molecule has 1 fully saturated rings. The lowest BCUT2D eigenvalue weighted by molar-refractivity contribution is -0.384. The van der Waals surface area contributed by atoms with Crippen molar-refractivity contribution >= 4 is 22.7 Å². The summed E-state index contributed by atoms with van der Waals surface area (Å²) in [5.74, 6) is 0.141. The number of amides is 1. The summed E-state index contributed by atoms with van der Waals surface area (Å²) in [4.78, 5) is 37.1. The van der Waals surface area contributed by atoms with Crippen LogP contribution < -0.4 is 11.1 Å². The van der Waals surface area contributed by atoms with Gasteiger partial charge in [0, 0.05) is 25.6 Å². The van der Waals surface area contributed by atoms with Crippen LogP contribution in [-0.2, 0) is 11.3 Å². The Morgan fingerprint density at radius 3 is 2.77 bits per heavy atom. The van der Waals surface area contributed by atoms with Gasteiger partial charge >= 0.3 is 5.76 Å². The number of fused-ring (bicyclic) bond motifs is 1. The van der Waals surface area contributed by atoms with Crippen LogP contribution >= 0.6 is 0 Å². The van der Waals surface area contributed by atoms with Gasteiger partial charge in [0.25, 0.3) is 5.69 Å². The minimum absolute atomic E-state index is 0.0117. The molecule has 1 amide bonds.